The third-order valence-electron chi connectivity index (χ3n) is 4.45. The standard InChI is InChI=1S/C17H23N3O2/c1-12-7-8-15-14(9-12)18-10-17(22)20(15)11-16(21)19-13-5-3-2-4-6-13/h7-9,13,18H,2-6,10-11H2,1H3,(H,19,21). The van der Waals surface area contributed by atoms with Gasteiger partial charge in [0.15, 0.2) is 0 Å². The second kappa shape index (κ2) is 6.38. The van der Waals surface area contributed by atoms with Crippen molar-refractivity contribution >= 4 is 23.2 Å². The summed E-state index contributed by atoms with van der Waals surface area (Å²) in [6.07, 6.45) is 5.72. The van der Waals surface area contributed by atoms with Gasteiger partial charge in [-0.05, 0) is 37.5 Å². The van der Waals surface area contributed by atoms with Crippen LogP contribution in [0.3, 0.4) is 0 Å². The molecule has 0 bridgehead atoms. The normalized spacial score (nSPS) is 18.6. The van der Waals surface area contributed by atoms with Crippen LogP contribution in [0.1, 0.15) is 37.7 Å². The van der Waals surface area contributed by atoms with Gasteiger partial charge in [-0.1, -0.05) is 25.3 Å². The van der Waals surface area contributed by atoms with E-state index in [1.54, 1.807) is 4.90 Å². The summed E-state index contributed by atoms with van der Waals surface area (Å²) in [6, 6.07) is 6.15. The Bertz CT molecular complexity index is 579. The molecule has 5 nitrogen and oxygen atoms in total. The van der Waals surface area contributed by atoms with Gasteiger partial charge in [0.05, 0.1) is 17.9 Å². The van der Waals surface area contributed by atoms with Gasteiger partial charge in [-0.2, -0.15) is 0 Å². The van der Waals surface area contributed by atoms with Crippen LogP contribution < -0.4 is 15.5 Å². The van der Waals surface area contributed by atoms with Crippen LogP contribution >= 0.6 is 0 Å². The van der Waals surface area contributed by atoms with Crippen LogP contribution in [0.2, 0.25) is 0 Å². The number of nitrogens with zero attached hydrogens (tertiary/aromatic N) is 1. The lowest BCUT2D eigenvalue weighted by atomic mass is 9.95. The molecule has 0 radical (unpaired) electrons. The minimum absolute atomic E-state index is 0.0600. The zero-order valence-corrected chi connectivity index (χ0v) is 13.0. The van der Waals surface area contributed by atoms with Gasteiger partial charge in [0.1, 0.15) is 6.54 Å². The zero-order chi connectivity index (χ0) is 15.5. The SMILES string of the molecule is Cc1ccc2c(c1)NCC(=O)N2CC(=O)NC1CCCCC1. The van der Waals surface area contributed by atoms with Crippen molar-refractivity contribution in [2.24, 2.45) is 0 Å². The van der Waals surface area contributed by atoms with Crippen molar-refractivity contribution < 1.29 is 9.59 Å². The van der Waals surface area contributed by atoms with Crippen LogP contribution in [0.25, 0.3) is 0 Å². The van der Waals surface area contributed by atoms with Crippen molar-refractivity contribution in [2.45, 2.75) is 45.1 Å². The summed E-state index contributed by atoms with van der Waals surface area (Å²) < 4.78 is 0. The van der Waals surface area contributed by atoms with Gasteiger partial charge < -0.3 is 10.6 Å². The van der Waals surface area contributed by atoms with Gasteiger partial charge in [-0.25, -0.2) is 0 Å². The van der Waals surface area contributed by atoms with Crippen LogP contribution in [0.15, 0.2) is 18.2 Å². The summed E-state index contributed by atoms with van der Waals surface area (Å²) in [5.74, 6) is -0.121. The highest BCUT2D eigenvalue weighted by Crippen LogP contribution is 2.30. The first-order valence-electron chi connectivity index (χ1n) is 8.08. The van der Waals surface area contributed by atoms with Crippen molar-refractivity contribution in [3.8, 4) is 0 Å². The summed E-state index contributed by atoms with van der Waals surface area (Å²) in [6.45, 7) is 2.36. The Morgan fingerprint density at radius 1 is 1.32 bits per heavy atom. The summed E-state index contributed by atoms with van der Waals surface area (Å²) >= 11 is 0. The maximum atomic E-state index is 12.3. The van der Waals surface area contributed by atoms with E-state index in [9.17, 15) is 9.59 Å². The molecule has 22 heavy (non-hydrogen) atoms. The number of carbonyl (C=O) groups excluding carboxylic acids is 2. The summed E-state index contributed by atoms with van der Waals surface area (Å²) in [5, 5.41) is 6.19. The second-order valence-corrected chi connectivity index (χ2v) is 6.26. The highest BCUT2D eigenvalue weighted by molar-refractivity contribution is 6.06. The fourth-order valence-electron chi connectivity index (χ4n) is 3.26. The van der Waals surface area contributed by atoms with Gasteiger partial charge in [0.25, 0.3) is 0 Å². The lowest BCUT2D eigenvalue weighted by Gasteiger charge is -2.31. The van der Waals surface area contributed by atoms with Crippen molar-refractivity contribution in [1.29, 1.82) is 0 Å². The van der Waals surface area contributed by atoms with Gasteiger partial charge in [0, 0.05) is 6.04 Å². The summed E-state index contributed by atoms with van der Waals surface area (Å²) in [5.41, 5.74) is 2.85. The van der Waals surface area contributed by atoms with Crippen molar-refractivity contribution in [2.75, 3.05) is 23.3 Å². The molecule has 1 aromatic carbocycles. The average molecular weight is 301 g/mol. The lowest BCUT2D eigenvalue weighted by Crippen LogP contribution is -2.48. The summed E-state index contributed by atoms with van der Waals surface area (Å²) in [4.78, 5) is 26.0. The average Bonchev–Trinajstić information content (AvgIpc) is 2.51. The van der Waals surface area contributed by atoms with Crippen LogP contribution in [-0.4, -0.2) is 30.9 Å². The number of carbonyl (C=O) groups is 2. The molecular formula is C17H23N3O2. The Labute approximate surface area is 131 Å². The third kappa shape index (κ3) is 3.24. The third-order valence-corrected chi connectivity index (χ3v) is 4.45. The Hall–Kier alpha value is -2.04. The maximum absolute atomic E-state index is 12.3. The molecule has 1 aliphatic heterocycles. The van der Waals surface area contributed by atoms with Gasteiger partial charge in [0.2, 0.25) is 11.8 Å². The monoisotopic (exact) mass is 301 g/mol. The van der Waals surface area contributed by atoms with Crippen molar-refractivity contribution in [3.05, 3.63) is 23.8 Å². The first kappa shape index (κ1) is 14.9. The van der Waals surface area contributed by atoms with E-state index in [4.69, 9.17) is 0 Å². The molecule has 0 atom stereocenters. The molecule has 1 aliphatic carbocycles. The van der Waals surface area contributed by atoms with E-state index < -0.39 is 0 Å². The number of rotatable bonds is 3. The zero-order valence-electron chi connectivity index (χ0n) is 13.0. The highest BCUT2D eigenvalue weighted by Gasteiger charge is 2.26. The van der Waals surface area contributed by atoms with Gasteiger partial charge in [-0.3, -0.25) is 14.5 Å². The molecule has 2 N–H and O–H groups in total. The predicted octanol–water partition coefficient (Wildman–Crippen LogP) is 2.20. The molecule has 1 fully saturated rings. The topological polar surface area (TPSA) is 61.4 Å². The van der Waals surface area contributed by atoms with E-state index in [2.05, 4.69) is 10.6 Å². The molecule has 0 aromatic heterocycles. The second-order valence-electron chi connectivity index (χ2n) is 6.26. The number of benzene rings is 1. The number of fused-ring (bicyclic) bond motifs is 1. The Balaban J connectivity index is 1.68. The van der Waals surface area contributed by atoms with Crippen LogP contribution in [-0.2, 0) is 9.59 Å². The molecule has 2 amide bonds. The number of hydrogen-bond donors (Lipinski definition) is 2. The Morgan fingerprint density at radius 2 is 2.09 bits per heavy atom. The van der Waals surface area contributed by atoms with Crippen LogP contribution in [0, 0.1) is 6.92 Å². The van der Waals surface area contributed by atoms with E-state index in [-0.39, 0.29) is 30.9 Å². The fraction of sp³-hybridized carbons (Fsp3) is 0.529. The summed E-state index contributed by atoms with van der Waals surface area (Å²) in [7, 11) is 0. The molecule has 1 heterocycles. The van der Waals surface area contributed by atoms with Crippen molar-refractivity contribution in [3.63, 3.8) is 0 Å². The molecule has 3 rings (SSSR count). The number of nitrogens with one attached hydrogen (secondary N) is 2. The number of anilines is 2. The van der Waals surface area contributed by atoms with Crippen molar-refractivity contribution in [1.82, 2.24) is 5.32 Å². The van der Waals surface area contributed by atoms with E-state index in [1.165, 1.54) is 19.3 Å². The predicted molar refractivity (Wildman–Crippen MR) is 87.0 cm³/mol. The largest absolute Gasteiger partial charge is 0.374 e. The lowest BCUT2D eigenvalue weighted by molar-refractivity contribution is -0.123. The molecule has 0 saturated heterocycles. The minimum atomic E-state index is -0.0614. The molecule has 1 aromatic rings. The van der Waals surface area contributed by atoms with Crippen LogP contribution in [0.4, 0.5) is 11.4 Å². The minimum Gasteiger partial charge on any atom is -0.374 e. The Kier molecular flexibility index (Phi) is 4.32. The maximum Gasteiger partial charge on any atom is 0.246 e. The molecular weight excluding hydrogens is 278 g/mol. The van der Waals surface area contributed by atoms with E-state index in [0.29, 0.717) is 0 Å². The molecule has 0 unspecified atom stereocenters. The molecule has 5 heteroatoms. The van der Waals surface area contributed by atoms with Gasteiger partial charge in [-0.15, -0.1) is 0 Å². The molecule has 2 aliphatic rings. The van der Waals surface area contributed by atoms with E-state index in [1.807, 2.05) is 25.1 Å². The molecule has 1 saturated carbocycles. The number of amides is 2. The van der Waals surface area contributed by atoms with E-state index in [0.717, 1.165) is 29.8 Å². The van der Waals surface area contributed by atoms with Crippen LogP contribution in [0.5, 0.6) is 0 Å². The Morgan fingerprint density at radius 3 is 2.86 bits per heavy atom. The smallest absolute Gasteiger partial charge is 0.246 e. The highest BCUT2D eigenvalue weighted by atomic mass is 16.2. The number of hydrogen-bond acceptors (Lipinski definition) is 3. The first-order valence-corrected chi connectivity index (χ1v) is 8.08. The van der Waals surface area contributed by atoms with Gasteiger partial charge >= 0.3 is 0 Å². The molecule has 118 valence electrons. The fourth-order valence-corrected chi connectivity index (χ4v) is 3.26. The first-order chi connectivity index (χ1) is 10.6. The quantitative estimate of drug-likeness (QED) is 0.900. The van der Waals surface area contributed by atoms with E-state index >= 15 is 0 Å². The number of aryl methyl sites for hydroxylation is 1. The molecule has 0 spiro atoms.